The minimum Gasteiger partial charge on any atom is -0.394 e. The first-order valence-electron chi connectivity index (χ1n) is 5.68. The van der Waals surface area contributed by atoms with Crippen LogP contribution < -0.4 is 10.6 Å². The van der Waals surface area contributed by atoms with Gasteiger partial charge in [0.2, 0.25) is 0 Å². The second kappa shape index (κ2) is 7.74. The Bertz CT molecular complexity index is 404. The summed E-state index contributed by atoms with van der Waals surface area (Å²) in [5.74, 6) is -0.191. The molecule has 1 rings (SSSR count). The zero-order chi connectivity index (χ0) is 13.4. The number of aliphatic hydroxyl groups excluding tert-OH is 1. The molecule has 0 aliphatic heterocycles. The Labute approximate surface area is 112 Å². The third-order valence-corrected chi connectivity index (χ3v) is 2.49. The molecule has 0 saturated heterocycles. The molecule has 0 aromatic heterocycles. The quantitative estimate of drug-likeness (QED) is 0.739. The Morgan fingerprint density at radius 3 is 2.67 bits per heavy atom. The van der Waals surface area contributed by atoms with E-state index in [1.54, 1.807) is 25.1 Å². The minimum atomic E-state index is -0.246. The summed E-state index contributed by atoms with van der Waals surface area (Å²) in [5, 5.41) is 14.7. The van der Waals surface area contributed by atoms with E-state index in [2.05, 4.69) is 10.6 Å². The van der Waals surface area contributed by atoms with Gasteiger partial charge in [-0.1, -0.05) is 17.7 Å². The number of nitrogens with one attached hydrogen (secondary N) is 2. The standard InChI is InChI=1S/C13H17ClN2O2/c1-10(9-17)16-13(18)11-3-5-12(6-4-11)15-8-2-7-14/h2-7,10,15,17H,8-9H2,1H3,(H,16,18)/b7-2+. The number of anilines is 1. The van der Waals surface area contributed by atoms with Crippen LogP contribution in [0.2, 0.25) is 0 Å². The molecule has 1 aromatic rings. The summed E-state index contributed by atoms with van der Waals surface area (Å²) in [6, 6.07) is 6.85. The highest BCUT2D eigenvalue weighted by molar-refractivity contribution is 6.25. The van der Waals surface area contributed by atoms with Crippen molar-refractivity contribution in [3.05, 3.63) is 41.4 Å². The maximum Gasteiger partial charge on any atom is 0.251 e. The summed E-state index contributed by atoms with van der Waals surface area (Å²) >= 11 is 5.40. The van der Waals surface area contributed by atoms with Crippen molar-refractivity contribution in [1.29, 1.82) is 0 Å². The molecule has 0 aliphatic rings. The molecule has 1 aromatic carbocycles. The molecule has 1 atom stereocenters. The Morgan fingerprint density at radius 2 is 2.11 bits per heavy atom. The molecule has 0 aliphatic carbocycles. The number of hydrogen-bond donors (Lipinski definition) is 3. The molecule has 18 heavy (non-hydrogen) atoms. The Kier molecular flexibility index (Phi) is 6.25. The van der Waals surface area contributed by atoms with Crippen LogP contribution >= 0.6 is 11.6 Å². The topological polar surface area (TPSA) is 61.4 Å². The molecule has 0 saturated carbocycles. The number of benzene rings is 1. The van der Waals surface area contributed by atoms with Crippen LogP contribution in [0.25, 0.3) is 0 Å². The molecule has 98 valence electrons. The summed E-state index contributed by atoms with van der Waals surface area (Å²) in [7, 11) is 0. The van der Waals surface area contributed by atoms with Crippen molar-refractivity contribution in [3.8, 4) is 0 Å². The lowest BCUT2D eigenvalue weighted by atomic mass is 10.2. The molecule has 5 heteroatoms. The van der Waals surface area contributed by atoms with Crippen LogP contribution in [0, 0.1) is 0 Å². The molecule has 0 spiro atoms. The van der Waals surface area contributed by atoms with E-state index >= 15 is 0 Å². The third kappa shape index (κ3) is 4.77. The van der Waals surface area contributed by atoms with Crippen LogP contribution in [0.1, 0.15) is 17.3 Å². The zero-order valence-corrected chi connectivity index (χ0v) is 10.9. The molecule has 3 N–H and O–H groups in total. The second-order valence-electron chi connectivity index (χ2n) is 3.88. The average molecular weight is 269 g/mol. The van der Waals surface area contributed by atoms with Gasteiger partial charge in [0.05, 0.1) is 6.61 Å². The van der Waals surface area contributed by atoms with Gasteiger partial charge in [0.1, 0.15) is 0 Å². The molecule has 0 heterocycles. The molecule has 1 unspecified atom stereocenters. The normalized spacial score (nSPS) is 12.4. The second-order valence-corrected chi connectivity index (χ2v) is 4.13. The number of halogens is 1. The third-order valence-electron chi connectivity index (χ3n) is 2.31. The van der Waals surface area contributed by atoms with Gasteiger partial charge in [-0.25, -0.2) is 0 Å². The maximum absolute atomic E-state index is 11.7. The van der Waals surface area contributed by atoms with Gasteiger partial charge >= 0.3 is 0 Å². The van der Waals surface area contributed by atoms with E-state index in [-0.39, 0.29) is 18.6 Å². The van der Waals surface area contributed by atoms with Crippen molar-refractivity contribution in [3.63, 3.8) is 0 Å². The summed E-state index contributed by atoms with van der Waals surface area (Å²) in [5.41, 5.74) is 2.93. The van der Waals surface area contributed by atoms with E-state index in [1.807, 2.05) is 12.1 Å². The van der Waals surface area contributed by atoms with E-state index in [4.69, 9.17) is 16.7 Å². The lowest BCUT2D eigenvalue weighted by Crippen LogP contribution is -2.34. The summed E-state index contributed by atoms with van der Waals surface area (Å²) < 4.78 is 0. The van der Waals surface area contributed by atoms with Gasteiger partial charge in [-0.3, -0.25) is 4.79 Å². The average Bonchev–Trinajstić information content (AvgIpc) is 2.39. The van der Waals surface area contributed by atoms with Crippen molar-refractivity contribution in [2.45, 2.75) is 13.0 Å². The Morgan fingerprint density at radius 1 is 1.44 bits per heavy atom. The zero-order valence-electron chi connectivity index (χ0n) is 10.2. The van der Waals surface area contributed by atoms with E-state index in [0.717, 1.165) is 5.69 Å². The Balaban J connectivity index is 2.56. The summed E-state index contributed by atoms with van der Waals surface area (Å²) in [4.78, 5) is 11.7. The molecule has 1 amide bonds. The van der Waals surface area contributed by atoms with E-state index in [9.17, 15) is 4.79 Å². The summed E-state index contributed by atoms with van der Waals surface area (Å²) in [6.07, 6.45) is 1.78. The molecular formula is C13H17ClN2O2. The van der Waals surface area contributed by atoms with Crippen molar-refractivity contribution in [2.24, 2.45) is 0 Å². The first-order valence-corrected chi connectivity index (χ1v) is 6.12. The van der Waals surface area contributed by atoms with Crippen LogP contribution in [0.5, 0.6) is 0 Å². The van der Waals surface area contributed by atoms with Crippen LogP contribution in [0.15, 0.2) is 35.9 Å². The lowest BCUT2D eigenvalue weighted by Gasteiger charge is -2.11. The number of rotatable bonds is 6. The highest BCUT2D eigenvalue weighted by Crippen LogP contribution is 2.09. The van der Waals surface area contributed by atoms with Crippen LogP contribution in [-0.2, 0) is 0 Å². The van der Waals surface area contributed by atoms with Crippen LogP contribution in [0.4, 0.5) is 5.69 Å². The highest BCUT2D eigenvalue weighted by atomic mass is 35.5. The number of hydrogen-bond acceptors (Lipinski definition) is 3. The fraction of sp³-hybridized carbons (Fsp3) is 0.308. The van der Waals surface area contributed by atoms with Gasteiger partial charge in [-0.05, 0) is 31.2 Å². The number of carbonyl (C=O) groups excluding carboxylic acids is 1. The van der Waals surface area contributed by atoms with Crippen LogP contribution in [-0.4, -0.2) is 30.2 Å². The van der Waals surface area contributed by atoms with E-state index < -0.39 is 0 Å². The predicted octanol–water partition coefficient (Wildman–Crippen LogP) is 1.96. The highest BCUT2D eigenvalue weighted by Gasteiger charge is 2.08. The molecule has 0 fully saturated rings. The minimum absolute atomic E-state index is 0.0733. The van der Waals surface area contributed by atoms with Crippen molar-refractivity contribution < 1.29 is 9.90 Å². The molecule has 0 bridgehead atoms. The number of aliphatic hydroxyl groups is 1. The molecular weight excluding hydrogens is 252 g/mol. The van der Waals surface area contributed by atoms with Gasteiger partial charge in [-0.2, -0.15) is 0 Å². The smallest absolute Gasteiger partial charge is 0.251 e. The SMILES string of the molecule is CC(CO)NC(=O)c1ccc(NC/C=C/Cl)cc1. The van der Waals surface area contributed by atoms with Gasteiger partial charge in [0, 0.05) is 29.4 Å². The van der Waals surface area contributed by atoms with Gasteiger partial charge in [0.15, 0.2) is 0 Å². The first kappa shape index (κ1) is 14.5. The predicted molar refractivity (Wildman–Crippen MR) is 73.9 cm³/mol. The molecule has 0 radical (unpaired) electrons. The van der Waals surface area contributed by atoms with E-state index in [0.29, 0.717) is 12.1 Å². The number of carbonyl (C=O) groups is 1. The largest absolute Gasteiger partial charge is 0.394 e. The first-order chi connectivity index (χ1) is 8.67. The van der Waals surface area contributed by atoms with Crippen molar-refractivity contribution >= 4 is 23.2 Å². The van der Waals surface area contributed by atoms with Gasteiger partial charge in [-0.15, -0.1) is 0 Å². The Hall–Kier alpha value is -1.52. The van der Waals surface area contributed by atoms with Gasteiger partial charge < -0.3 is 15.7 Å². The van der Waals surface area contributed by atoms with Crippen LogP contribution in [0.3, 0.4) is 0 Å². The fourth-order valence-corrected chi connectivity index (χ4v) is 1.40. The maximum atomic E-state index is 11.7. The molecule has 4 nitrogen and oxygen atoms in total. The fourth-order valence-electron chi connectivity index (χ4n) is 1.31. The van der Waals surface area contributed by atoms with Gasteiger partial charge in [0.25, 0.3) is 5.91 Å². The van der Waals surface area contributed by atoms with Crippen molar-refractivity contribution in [1.82, 2.24) is 5.32 Å². The number of amides is 1. The monoisotopic (exact) mass is 268 g/mol. The lowest BCUT2D eigenvalue weighted by molar-refractivity contribution is 0.0922. The van der Waals surface area contributed by atoms with E-state index in [1.165, 1.54) is 5.54 Å². The summed E-state index contributed by atoms with van der Waals surface area (Å²) in [6.45, 7) is 2.30. The van der Waals surface area contributed by atoms with Crippen molar-refractivity contribution in [2.75, 3.05) is 18.5 Å².